The van der Waals surface area contributed by atoms with E-state index in [1.165, 1.54) is 25.1 Å². The zero-order valence-corrected chi connectivity index (χ0v) is 14.3. The molecule has 3 aromatic rings. The molecule has 1 heterocycles. The molecule has 8 heteroatoms. The minimum Gasteiger partial charge on any atom is -0.360 e. The number of aryl methyl sites for hydroxylation is 1. The van der Waals surface area contributed by atoms with Gasteiger partial charge in [-0.1, -0.05) is 41.0 Å². The summed E-state index contributed by atoms with van der Waals surface area (Å²) in [6.07, 6.45) is 0. The highest BCUT2D eigenvalue weighted by atomic mass is 35.5. The van der Waals surface area contributed by atoms with Gasteiger partial charge in [0.15, 0.2) is 0 Å². The molecular weight excluding hydrogens is 361 g/mol. The van der Waals surface area contributed by atoms with Gasteiger partial charge in [-0.05, 0) is 31.2 Å². The van der Waals surface area contributed by atoms with Crippen molar-refractivity contribution in [3.8, 4) is 11.3 Å². The Morgan fingerprint density at radius 1 is 1.04 bits per heavy atom. The van der Waals surface area contributed by atoms with Crippen molar-refractivity contribution in [3.63, 3.8) is 0 Å². The van der Waals surface area contributed by atoms with Crippen LogP contribution in [0.25, 0.3) is 11.3 Å². The third-order valence-electron chi connectivity index (χ3n) is 3.61. The second kappa shape index (κ2) is 7.37. The van der Waals surface area contributed by atoms with Crippen LogP contribution in [0, 0.1) is 12.7 Å². The normalized spacial score (nSPS) is 10.4. The molecule has 26 heavy (non-hydrogen) atoms. The lowest BCUT2D eigenvalue weighted by atomic mass is 10.1. The lowest BCUT2D eigenvalue weighted by Crippen LogP contribution is -2.41. The van der Waals surface area contributed by atoms with E-state index in [0.29, 0.717) is 5.56 Å². The van der Waals surface area contributed by atoms with Crippen molar-refractivity contribution in [3.05, 3.63) is 76.3 Å². The number of hydrogen-bond donors (Lipinski definition) is 2. The van der Waals surface area contributed by atoms with Crippen molar-refractivity contribution in [1.82, 2.24) is 16.0 Å². The largest absolute Gasteiger partial charge is 0.360 e. The van der Waals surface area contributed by atoms with Gasteiger partial charge in [0.05, 0.1) is 10.6 Å². The summed E-state index contributed by atoms with van der Waals surface area (Å²) in [5.41, 5.74) is 4.81. The fraction of sp³-hybridized carbons (Fsp3) is 0.0556. The van der Waals surface area contributed by atoms with E-state index in [-0.39, 0.29) is 27.6 Å². The summed E-state index contributed by atoms with van der Waals surface area (Å²) in [6, 6.07) is 12.5. The molecule has 1 aromatic heterocycles. The highest BCUT2D eigenvalue weighted by Crippen LogP contribution is 2.33. The number of carbonyl (C=O) groups is 2. The summed E-state index contributed by atoms with van der Waals surface area (Å²) in [6.45, 7) is 1.50. The van der Waals surface area contributed by atoms with Crippen LogP contribution in [0.15, 0.2) is 53.1 Å². The zero-order valence-electron chi connectivity index (χ0n) is 13.5. The molecule has 0 aliphatic rings. The van der Waals surface area contributed by atoms with E-state index in [1.807, 2.05) is 0 Å². The number of aromatic nitrogens is 1. The van der Waals surface area contributed by atoms with E-state index in [0.717, 1.165) is 0 Å². The molecule has 0 aliphatic heterocycles. The summed E-state index contributed by atoms with van der Waals surface area (Å²) in [7, 11) is 0. The van der Waals surface area contributed by atoms with Gasteiger partial charge < -0.3 is 4.52 Å². The number of rotatable bonds is 3. The van der Waals surface area contributed by atoms with Gasteiger partial charge in [-0.15, -0.1) is 0 Å². The lowest BCUT2D eigenvalue weighted by Gasteiger charge is -2.08. The van der Waals surface area contributed by atoms with Crippen LogP contribution in [0.4, 0.5) is 4.39 Å². The van der Waals surface area contributed by atoms with Gasteiger partial charge in [-0.2, -0.15) is 0 Å². The third kappa shape index (κ3) is 3.43. The number of carbonyl (C=O) groups excluding carboxylic acids is 2. The molecule has 2 amide bonds. The van der Waals surface area contributed by atoms with Crippen LogP contribution >= 0.6 is 11.6 Å². The van der Waals surface area contributed by atoms with Crippen LogP contribution in [-0.2, 0) is 0 Å². The van der Waals surface area contributed by atoms with Gasteiger partial charge in [0.2, 0.25) is 0 Å². The Kier molecular flexibility index (Phi) is 4.99. The molecule has 2 aromatic carbocycles. The average Bonchev–Trinajstić information content (AvgIpc) is 3.01. The first-order chi connectivity index (χ1) is 12.5. The standard InChI is InChI=1S/C18H13ClFN3O3/c1-10-14(16(23-26-10)15-12(19)8-5-9-13(15)20)18(25)22-21-17(24)11-6-3-2-4-7-11/h2-9H,1H3,(H,21,24)(H,22,25). The van der Waals surface area contributed by atoms with Crippen LogP contribution in [0.3, 0.4) is 0 Å². The summed E-state index contributed by atoms with van der Waals surface area (Å²) >= 11 is 6.03. The van der Waals surface area contributed by atoms with E-state index >= 15 is 0 Å². The second-order valence-corrected chi connectivity index (χ2v) is 5.74. The smallest absolute Gasteiger partial charge is 0.275 e. The topological polar surface area (TPSA) is 84.2 Å². The maximum absolute atomic E-state index is 14.2. The van der Waals surface area contributed by atoms with Gasteiger partial charge in [-0.25, -0.2) is 4.39 Å². The molecular formula is C18H13ClFN3O3. The number of amides is 2. The molecule has 0 bridgehead atoms. The fourth-order valence-corrected chi connectivity index (χ4v) is 2.62. The van der Waals surface area contributed by atoms with Gasteiger partial charge in [0.1, 0.15) is 22.8 Å². The molecule has 0 saturated carbocycles. The summed E-state index contributed by atoms with van der Waals surface area (Å²) in [5, 5.41) is 3.82. The third-order valence-corrected chi connectivity index (χ3v) is 3.93. The number of hydrogen-bond acceptors (Lipinski definition) is 4. The molecule has 0 unspecified atom stereocenters. The number of halogens is 2. The van der Waals surface area contributed by atoms with E-state index in [9.17, 15) is 14.0 Å². The minimum absolute atomic E-state index is 0.0228. The molecule has 132 valence electrons. The van der Waals surface area contributed by atoms with Crippen molar-refractivity contribution in [1.29, 1.82) is 0 Å². The van der Waals surface area contributed by atoms with Crippen LogP contribution in [0.1, 0.15) is 26.5 Å². The maximum Gasteiger partial charge on any atom is 0.275 e. The quantitative estimate of drug-likeness (QED) is 0.688. The predicted octanol–water partition coefficient (Wildman–Crippen LogP) is 3.52. The molecule has 0 fully saturated rings. The average molecular weight is 374 g/mol. The summed E-state index contributed by atoms with van der Waals surface area (Å²) < 4.78 is 19.2. The first-order valence-electron chi connectivity index (χ1n) is 7.55. The van der Waals surface area contributed by atoms with Crippen LogP contribution < -0.4 is 10.9 Å². The SMILES string of the molecule is Cc1onc(-c2c(F)cccc2Cl)c1C(=O)NNC(=O)c1ccccc1. The Balaban J connectivity index is 1.85. The molecule has 3 rings (SSSR count). The lowest BCUT2D eigenvalue weighted by molar-refractivity contribution is 0.0846. The number of nitrogens with zero attached hydrogens (tertiary/aromatic N) is 1. The zero-order chi connectivity index (χ0) is 18.7. The van der Waals surface area contributed by atoms with Crippen molar-refractivity contribution >= 4 is 23.4 Å². The first kappa shape index (κ1) is 17.6. The van der Waals surface area contributed by atoms with Crippen molar-refractivity contribution in [2.45, 2.75) is 6.92 Å². The number of hydrazine groups is 1. The van der Waals surface area contributed by atoms with Crippen LogP contribution in [0.2, 0.25) is 5.02 Å². The summed E-state index contributed by atoms with van der Waals surface area (Å²) in [4.78, 5) is 24.5. The Labute approximate surface area is 152 Å². The summed E-state index contributed by atoms with van der Waals surface area (Å²) in [5.74, 6) is -1.69. The Bertz CT molecular complexity index is 953. The van der Waals surface area contributed by atoms with E-state index < -0.39 is 17.6 Å². The van der Waals surface area contributed by atoms with Gasteiger partial charge in [0, 0.05) is 5.56 Å². The van der Waals surface area contributed by atoms with E-state index in [4.69, 9.17) is 16.1 Å². The number of benzene rings is 2. The molecule has 6 nitrogen and oxygen atoms in total. The molecule has 0 spiro atoms. The van der Waals surface area contributed by atoms with Gasteiger partial charge in [-0.3, -0.25) is 20.4 Å². The van der Waals surface area contributed by atoms with Crippen molar-refractivity contribution < 1.29 is 18.5 Å². The van der Waals surface area contributed by atoms with Crippen LogP contribution in [0.5, 0.6) is 0 Å². The van der Waals surface area contributed by atoms with Crippen LogP contribution in [-0.4, -0.2) is 17.0 Å². The molecule has 0 saturated heterocycles. The second-order valence-electron chi connectivity index (χ2n) is 5.33. The van der Waals surface area contributed by atoms with Crippen molar-refractivity contribution in [2.24, 2.45) is 0 Å². The molecule has 2 N–H and O–H groups in total. The Morgan fingerprint density at radius 2 is 1.73 bits per heavy atom. The molecule has 0 aliphatic carbocycles. The van der Waals surface area contributed by atoms with Crippen molar-refractivity contribution in [2.75, 3.05) is 0 Å². The minimum atomic E-state index is -0.706. The maximum atomic E-state index is 14.2. The van der Waals surface area contributed by atoms with E-state index in [1.54, 1.807) is 30.3 Å². The predicted molar refractivity (Wildman–Crippen MR) is 93.0 cm³/mol. The van der Waals surface area contributed by atoms with E-state index in [2.05, 4.69) is 16.0 Å². The fourth-order valence-electron chi connectivity index (χ4n) is 2.37. The van der Waals surface area contributed by atoms with Gasteiger partial charge >= 0.3 is 0 Å². The highest BCUT2D eigenvalue weighted by Gasteiger charge is 2.25. The number of nitrogens with one attached hydrogen (secondary N) is 2. The Hall–Kier alpha value is -3.19. The highest BCUT2D eigenvalue weighted by molar-refractivity contribution is 6.33. The molecule has 0 atom stereocenters. The monoisotopic (exact) mass is 373 g/mol. The van der Waals surface area contributed by atoms with Gasteiger partial charge in [0.25, 0.3) is 11.8 Å². The molecule has 0 radical (unpaired) electrons. The first-order valence-corrected chi connectivity index (χ1v) is 7.93. The Morgan fingerprint density at radius 3 is 2.42 bits per heavy atom.